The van der Waals surface area contributed by atoms with E-state index in [-0.39, 0.29) is 5.91 Å². The number of rotatable bonds is 3. The van der Waals surface area contributed by atoms with Gasteiger partial charge in [0.15, 0.2) is 0 Å². The standard InChI is InChI=1S/C17H20N2O/c1-12-9-10-14(15(11-12)18-3)17(20)19(4)16-8-6-5-7-13(16)2/h5-11,18H,1-4H3. The summed E-state index contributed by atoms with van der Waals surface area (Å²) in [5.74, 6) is -0.0105. The predicted octanol–water partition coefficient (Wildman–Crippen LogP) is 3.62. The van der Waals surface area contributed by atoms with Crippen LogP contribution in [0.3, 0.4) is 0 Å². The number of carbonyl (C=O) groups is 1. The maximum atomic E-state index is 12.7. The Bertz CT molecular complexity index is 635. The van der Waals surface area contributed by atoms with E-state index in [1.807, 2.05) is 70.4 Å². The van der Waals surface area contributed by atoms with Crippen molar-refractivity contribution in [2.75, 3.05) is 24.3 Å². The molecule has 0 heterocycles. The molecule has 0 unspecified atom stereocenters. The summed E-state index contributed by atoms with van der Waals surface area (Å²) < 4.78 is 0. The van der Waals surface area contributed by atoms with E-state index in [9.17, 15) is 4.79 Å². The molecule has 0 atom stereocenters. The minimum Gasteiger partial charge on any atom is -0.387 e. The normalized spacial score (nSPS) is 10.2. The van der Waals surface area contributed by atoms with Gasteiger partial charge in [-0.2, -0.15) is 0 Å². The monoisotopic (exact) mass is 268 g/mol. The number of hydrogen-bond donors (Lipinski definition) is 1. The predicted molar refractivity (Wildman–Crippen MR) is 84.6 cm³/mol. The second-order valence-corrected chi connectivity index (χ2v) is 4.95. The molecule has 0 saturated carbocycles. The maximum Gasteiger partial charge on any atom is 0.260 e. The minimum atomic E-state index is -0.0105. The van der Waals surface area contributed by atoms with Crippen LogP contribution >= 0.6 is 0 Å². The highest BCUT2D eigenvalue weighted by Crippen LogP contribution is 2.23. The summed E-state index contributed by atoms with van der Waals surface area (Å²) in [6.07, 6.45) is 0. The zero-order chi connectivity index (χ0) is 14.7. The van der Waals surface area contributed by atoms with E-state index < -0.39 is 0 Å². The lowest BCUT2D eigenvalue weighted by Gasteiger charge is -2.21. The molecule has 0 fully saturated rings. The number of nitrogens with one attached hydrogen (secondary N) is 1. The van der Waals surface area contributed by atoms with E-state index >= 15 is 0 Å². The summed E-state index contributed by atoms with van der Waals surface area (Å²) in [7, 11) is 3.64. The van der Waals surface area contributed by atoms with Crippen molar-refractivity contribution < 1.29 is 4.79 Å². The van der Waals surface area contributed by atoms with Crippen molar-refractivity contribution in [3.8, 4) is 0 Å². The fourth-order valence-corrected chi connectivity index (χ4v) is 2.28. The molecular weight excluding hydrogens is 248 g/mol. The topological polar surface area (TPSA) is 32.3 Å². The van der Waals surface area contributed by atoms with Crippen molar-refractivity contribution in [3.05, 3.63) is 59.2 Å². The largest absolute Gasteiger partial charge is 0.387 e. The molecule has 0 saturated heterocycles. The van der Waals surface area contributed by atoms with Gasteiger partial charge in [-0.05, 0) is 43.2 Å². The quantitative estimate of drug-likeness (QED) is 0.922. The highest BCUT2D eigenvalue weighted by atomic mass is 16.2. The van der Waals surface area contributed by atoms with E-state index in [2.05, 4.69) is 5.32 Å². The molecule has 3 nitrogen and oxygen atoms in total. The average molecular weight is 268 g/mol. The number of amides is 1. The van der Waals surface area contributed by atoms with Crippen molar-refractivity contribution in [2.45, 2.75) is 13.8 Å². The van der Waals surface area contributed by atoms with Gasteiger partial charge in [-0.1, -0.05) is 24.3 Å². The molecule has 1 amide bonds. The smallest absolute Gasteiger partial charge is 0.260 e. The third-order valence-electron chi connectivity index (χ3n) is 3.46. The van der Waals surface area contributed by atoms with Gasteiger partial charge in [0, 0.05) is 25.5 Å². The molecule has 0 aliphatic carbocycles. The fraction of sp³-hybridized carbons (Fsp3) is 0.235. The second kappa shape index (κ2) is 5.78. The molecule has 104 valence electrons. The van der Waals surface area contributed by atoms with Crippen LogP contribution in [-0.4, -0.2) is 20.0 Å². The molecule has 2 rings (SSSR count). The first-order valence-electron chi connectivity index (χ1n) is 6.66. The summed E-state index contributed by atoms with van der Waals surface area (Å²) in [5, 5.41) is 3.09. The third kappa shape index (κ3) is 2.67. The van der Waals surface area contributed by atoms with Crippen molar-refractivity contribution >= 4 is 17.3 Å². The Hall–Kier alpha value is -2.29. The number of carbonyl (C=O) groups excluding carboxylic acids is 1. The number of hydrogen-bond acceptors (Lipinski definition) is 2. The summed E-state index contributed by atoms with van der Waals surface area (Å²) in [6.45, 7) is 4.02. The maximum absolute atomic E-state index is 12.7. The fourth-order valence-electron chi connectivity index (χ4n) is 2.28. The van der Waals surface area contributed by atoms with Crippen molar-refractivity contribution in [2.24, 2.45) is 0 Å². The van der Waals surface area contributed by atoms with Crippen LogP contribution in [0.5, 0.6) is 0 Å². The zero-order valence-electron chi connectivity index (χ0n) is 12.4. The molecule has 0 aromatic heterocycles. The van der Waals surface area contributed by atoms with Crippen LogP contribution in [0.1, 0.15) is 21.5 Å². The number of aryl methyl sites for hydroxylation is 2. The lowest BCUT2D eigenvalue weighted by Crippen LogP contribution is -2.27. The Morgan fingerprint density at radius 3 is 2.45 bits per heavy atom. The van der Waals surface area contributed by atoms with Crippen molar-refractivity contribution in [1.29, 1.82) is 0 Å². The third-order valence-corrected chi connectivity index (χ3v) is 3.46. The Kier molecular flexibility index (Phi) is 4.08. The van der Waals surface area contributed by atoms with Gasteiger partial charge in [-0.15, -0.1) is 0 Å². The van der Waals surface area contributed by atoms with E-state index in [1.165, 1.54) is 0 Å². The lowest BCUT2D eigenvalue weighted by molar-refractivity contribution is 0.0993. The average Bonchev–Trinajstić information content (AvgIpc) is 2.46. The van der Waals surface area contributed by atoms with E-state index in [1.54, 1.807) is 4.90 Å². The van der Waals surface area contributed by atoms with Crippen LogP contribution in [0.2, 0.25) is 0 Å². The molecule has 20 heavy (non-hydrogen) atoms. The Balaban J connectivity index is 2.39. The summed E-state index contributed by atoms with van der Waals surface area (Å²) >= 11 is 0. The summed E-state index contributed by atoms with van der Waals surface area (Å²) in [4.78, 5) is 14.4. The van der Waals surface area contributed by atoms with Gasteiger partial charge in [0.25, 0.3) is 5.91 Å². The Labute approximate surface area is 120 Å². The van der Waals surface area contributed by atoms with Crippen LogP contribution in [0, 0.1) is 13.8 Å². The van der Waals surface area contributed by atoms with Gasteiger partial charge in [0.2, 0.25) is 0 Å². The summed E-state index contributed by atoms with van der Waals surface area (Å²) in [5.41, 5.74) is 4.69. The molecule has 2 aromatic carbocycles. The van der Waals surface area contributed by atoms with Crippen LogP contribution in [0.25, 0.3) is 0 Å². The van der Waals surface area contributed by atoms with Gasteiger partial charge in [0.05, 0.1) is 5.56 Å². The molecule has 2 aromatic rings. The minimum absolute atomic E-state index is 0.0105. The Morgan fingerprint density at radius 1 is 1.10 bits per heavy atom. The van der Waals surface area contributed by atoms with Gasteiger partial charge in [-0.3, -0.25) is 4.79 Å². The van der Waals surface area contributed by atoms with E-state index in [4.69, 9.17) is 0 Å². The van der Waals surface area contributed by atoms with Crippen LogP contribution < -0.4 is 10.2 Å². The van der Waals surface area contributed by atoms with Crippen LogP contribution in [0.4, 0.5) is 11.4 Å². The highest BCUT2D eigenvalue weighted by Gasteiger charge is 2.17. The first kappa shape index (κ1) is 14.1. The van der Waals surface area contributed by atoms with E-state index in [0.29, 0.717) is 5.56 Å². The lowest BCUT2D eigenvalue weighted by atomic mass is 10.1. The first-order chi connectivity index (χ1) is 9.54. The molecule has 0 bridgehead atoms. The number of nitrogens with zero attached hydrogens (tertiary/aromatic N) is 1. The summed E-state index contributed by atoms with van der Waals surface area (Å²) in [6, 6.07) is 13.7. The molecular formula is C17H20N2O. The first-order valence-corrected chi connectivity index (χ1v) is 6.66. The second-order valence-electron chi connectivity index (χ2n) is 4.95. The van der Waals surface area contributed by atoms with Gasteiger partial charge < -0.3 is 10.2 Å². The van der Waals surface area contributed by atoms with Gasteiger partial charge in [-0.25, -0.2) is 0 Å². The molecule has 0 aliphatic rings. The number of benzene rings is 2. The zero-order valence-corrected chi connectivity index (χ0v) is 12.4. The molecule has 0 spiro atoms. The Morgan fingerprint density at radius 2 is 1.80 bits per heavy atom. The molecule has 0 radical (unpaired) electrons. The number of anilines is 2. The van der Waals surface area contributed by atoms with E-state index in [0.717, 1.165) is 22.5 Å². The van der Waals surface area contributed by atoms with Gasteiger partial charge in [0.1, 0.15) is 0 Å². The molecule has 1 N–H and O–H groups in total. The number of para-hydroxylation sites is 1. The highest BCUT2D eigenvalue weighted by molar-refractivity contribution is 6.09. The van der Waals surface area contributed by atoms with Crippen LogP contribution in [0.15, 0.2) is 42.5 Å². The molecule has 3 heteroatoms. The SMILES string of the molecule is CNc1cc(C)ccc1C(=O)N(C)c1ccccc1C. The van der Waals surface area contributed by atoms with Crippen molar-refractivity contribution in [1.82, 2.24) is 0 Å². The van der Waals surface area contributed by atoms with Crippen molar-refractivity contribution in [3.63, 3.8) is 0 Å². The molecule has 0 aliphatic heterocycles. The van der Waals surface area contributed by atoms with Crippen LogP contribution in [-0.2, 0) is 0 Å². The van der Waals surface area contributed by atoms with Gasteiger partial charge >= 0.3 is 0 Å².